The second kappa shape index (κ2) is 24.5. The molecule has 0 saturated carbocycles. The van der Waals surface area contributed by atoms with Gasteiger partial charge in [0, 0.05) is 0 Å². The van der Waals surface area contributed by atoms with Crippen LogP contribution in [0.1, 0.15) is 2.85 Å². The molecule has 19 valence electrons. The van der Waals surface area contributed by atoms with E-state index >= 15 is 0 Å². The molecule has 0 fully saturated rings. The summed E-state index contributed by atoms with van der Waals surface area (Å²) in [6.45, 7) is 0. The van der Waals surface area contributed by atoms with Gasteiger partial charge in [0.1, 0.15) is 0 Å². The number of hydrogen-bond acceptors (Lipinski definition) is 1. The van der Waals surface area contributed by atoms with E-state index in [0.717, 1.165) is 0 Å². The molecular weight excluding hydrogens is 88.8 g/mol. The van der Waals surface area contributed by atoms with Crippen LogP contribution < -0.4 is 37.7 Å². The summed E-state index contributed by atoms with van der Waals surface area (Å²) in [5, 5.41) is 0. The molecule has 0 atom stereocenters. The van der Waals surface area contributed by atoms with E-state index in [4.69, 9.17) is 3.87 Å². The van der Waals surface area contributed by atoms with Crippen molar-refractivity contribution in [2.24, 2.45) is 0 Å². The van der Waals surface area contributed by atoms with Gasteiger partial charge in [-0.1, -0.05) is 0 Å². The Balaban J connectivity index is -0.000000000833. The molecule has 0 aliphatic heterocycles. The quantitative estimate of drug-likeness (QED) is 0.271. The van der Waals surface area contributed by atoms with Gasteiger partial charge in [-0.2, -0.15) is 0 Å². The second-order valence-corrected chi connectivity index (χ2v) is 0. The Labute approximate surface area is 60.0 Å². The van der Waals surface area contributed by atoms with E-state index < -0.39 is 0 Å². The van der Waals surface area contributed by atoms with Crippen LogP contribution in [0.2, 0.25) is 0 Å². The average Bonchev–Trinajstić information content (AvgIpc) is 1.00. The maximum absolute atomic E-state index is 7.94. The van der Waals surface area contributed by atoms with Crippen LogP contribution in [0.25, 0.3) is 0 Å². The maximum atomic E-state index is 7.94. The van der Waals surface area contributed by atoms with Crippen LogP contribution in [0.5, 0.6) is 0 Å². The van der Waals surface area contributed by atoms with E-state index in [9.17, 15) is 0 Å². The van der Waals surface area contributed by atoms with Crippen molar-refractivity contribution in [3.8, 4) is 0 Å². The molecule has 0 saturated heterocycles. The molecule has 0 unspecified atom stereocenters. The Bertz CT molecular complexity index is 11.5. The van der Waals surface area contributed by atoms with Crippen molar-refractivity contribution < 1.29 is 60.1 Å². The van der Waals surface area contributed by atoms with Crippen molar-refractivity contribution in [3.63, 3.8) is 0 Å². The van der Waals surface area contributed by atoms with Crippen LogP contribution in [-0.2, 0) is 19.5 Å². The summed E-state index contributed by atoms with van der Waals surface area (Å²) < 4.78 is 7.94. The molecule has 0 radical (unpaired) electrons. The Morgan fingerprint density at radius 2 is 1.25 bits per heavy atom. The zero-order valence-electron chi connectivity index (χ0n) is 4.74. The van der Waals surface area contributed by atoms with Crippen LogP contribution in [-0.4, -0.2) is 0 Å². The molecule has 4 heteroatoms. The Morgan fingerprint density at radius 3 is 1.25 bits per heavy atom. The third-order valence-corrected chi connectivity index (χ3v) is 0. The van der Waals surface area contributed by atoms with Crippen molar-refractivity contribution in [2.75, 3.05) is 0 Å². The summed E-state index contributed by atoms with van der Waals surface area (Å²) in [6, 6.07) is 0. The first-order chi connectivity index (χ1) is 1.00. The van der Waals surface area contributed by atoms with Crippen molar-refractivity contribution in [1.82, 2.24) is 0 Å². The van der Waals surface area contributed by atoms with Crippen LogP contribution in [0.15, 0.2) is 0 Å². The van der Waals surface area contributed by atoms with Gasteiger partial charge in [-0.25, -0.2) is 0 Å². The van der Waals surface area contributed by atoms with Gasteiger partial charge < -0.3 is 2.85 Å². The summed E-state index contributed by atoms with van der Waals surface area (Å²) >= 11 is 2.31. The number of hydrogen-bond donors (Lipinski definition) is 0. The molecule has 0 heterocycles. The summed E-state index contributed by atoms with van der Waals surface area (Å²) in [4.78, 5) is 0. The molecule has 0 rings (SSSR count). The Kier molecular flexibility index (Phi) is 109. The monoisotopic (exact) mass is 91.0 g/mol. The molecule has 0 aromatic carbocycles. The summed E-state index contributed by atoms with van der Waals surface area (Å²) in [7, 11) is 0. The second-order valence-electron chi connectivity index (χ2n) is 0. The fraction of sp³-hybridized carbons (Fsp3) is 0. The van der Waals surface area contributed by atoms with Crippen LogP contribution in [0.4, 0.5) is 0 Å². The molecule has 0 amide bonds. The zero-order valence-corrected chi connectivity index (χ0v) is 3.78. The van der Waals surface area contributed by atoms with Crippen molar-refractivity contribution in [1.29, 1.82) is 0 Å². The fourth-order valence-electron chi connectivity index (χ4n) is 0. The van der Waals surface area contributed by atoms with Gasteiger partial charge in [0.15, 0.2) is 0 Å². The van der Waals surface area contributed by atoms with E-state index in [1.807, 2.05) is 0 Å². The topological polar surface area (TPSA) is 17.1 Å². The van der Waals surface area contributed by atoms with E-state index in [-0.39, 0.29) is 40.6 Å². The van der Waals surface area contributed by atoms with Gasteiger partial charge in [-0.15, -0.1) is 0 Å². The summed E-state index contributed by atoms with van der Waals surface area (Å²) in [6.07, 6.45) is 0. The van der Waals surface area contributed by atoms with Crippen LogP contribution in [0, 0.1) is 0 Å². The SMILES string of the molecule is [H-].[H-].[Li+].[Li+].[O]=[Co]. The predicted molar refractivity (Wildman–Crippen MR) is 2.91 cm³/mol. The molecule has 4 heavy (non-hydrogen) atoms. The van der Waals surface area contributed by atoms with Gasteiger partial charge in [0.25, 0.3) is 0 Å². The Morgan fingerprint density at radius 1 is 1.25 bits per heavy atom. The molecule has 0 spiro atoms. The normalized spacial score (nSPS) is 1.25. The Hall–Kier alpha value is 1.50. The third kappa shape index (κ3) is 9.72. The molecular formula is H2CoLi2O. The molecule has 0 bridgehead atoms. The standard InChI is InChI=1S/Co.2Li.O.2H/q;2*+1;;2*-1. The third-order valence-electron chi connectivity index (χ3n) is 0. The van der Waals surface area contributed by atoms with Gasteiger partial charge in [0.2, 0.25) is 0 Å². The first-order valence-corrected chi connectivity index (χ1v) is 0.561. The summed E-state index contributed by atoms with van der Waals surface area (Å²) in [5.74, 6) is 0. The van der Waals surface area contributed by atoms with Gasteiger partial charge in [-0.05, 0) is 0 Å². The van der Waals surface area contributed by atoms with Crippen LogP contribution in [0.3, 0.4) is 0 Å². The fourth-order valence-corrected chi connectivity index (χ4v) is 0. The van der Waals surface area contributed by atoms with E-state index in [2.05, 4.69) is 15.7 Å². The molecule has 0 aromatic rings. The average molecular weight is 90.8 g/mol. The van der Waals surface area contributed by atoms with E-state index in [1.165, 1.54) is 0 Å². The minimum absolute atomic E-state index is 0. The van der Waals surface area contributed by atoms with Gasteiger partial charge >= 0.3 is 57.3 Å². The summed E-state index contributed by atoms with van der Waals surface area (Å²) in [5.41, 5.74) is 0. The van der Waals surface area contributed by atoms with E-state index in [1.54, 1.807) is 0 Å². The van der Waals surface area contributed by atoms with Crippen molar-refractivity contribution in [2.45, 2.75) is 0 Å². The minimum atomic E-state index is 0. The predicted octanol–water partition coefficient (Wildman–Crippen LogP) is -5.89. The molecule has 1 nitrogen and oxygen atoms in total. The van der Waals surface area contributed by atoms with E-state index in [0.29, 0.717) is 0 Å². The first-order valence-electron chi connectivity index (χ1n) is 0.136. The first kappa shape index (κ1) is 17.8. The number of rotatable bonds is 0. The molecule has 0 aliphatic rings. The zero-order chi connectivity index (χ0) is 2.00. The molecule has 0 N–H and O–H groups in total. The van der Waals surface area contributed by atoms with Crippen LogP contribution >= 0.6 is 0 Å². The van der Waals surface area contributed by atoms with Gasteiger partial charge in [-0.3, -0.25) is 0 Å². The molecule has 0 aromatic heterocycles. The molecule has 0 aliphatic carbocycles. The van der Waals surface area contributed by atoms with Gasteiger partial charge in [0.05, 0.1) is 0 Å². The van der Waals surface area contributed by atoms with Crippen molar-refractivity contribution in [3.05, 3.63) is 0 Å². The van der Waals surface area contributed by atoms with Crippen molar-refractivity contribution >= 4 is 0 Å².